The number of ether oxygens (including phenoxy) is 4. The van der Waals surface area contributed by atoms with E-state index in [4.69, 9.17) is 41.3 Å². The van der Waals surface area contributed by atoms with Gasteiger partial charge in [-0.25, -0.2) is 34.4 Å². The van der Waals surface area contributed by atoms with Crippen molar-refractivity contribution in [1.82, 2.24) is 34.7 Å². The van der Waals surface area contributed by atoms with Crippen molar-refractivity contribution in [3.05, 3.63) is 65.0 Å². The minimum absolute atomic E-state index is 0.194. The third-order valence-electron chi connectivity index (χ3n) is 6.85. The number of halogens is 1. The number of aryl methyl sites for hydroxylation is 2. The van der Waals surface area contributed by atoms with Crippen molar-refractivity contribution in [1.29, 1.82) is 0 Å². The van der Waals surface area contributed by atoms with Crippen LogP contribution in [0.25, 0.3) is 37.6 Å². The van der Waals surface area contributed by atoms with Crippen molar-refractivity contribution >= 4 is 50.3 Å². The van der Waals surface area contributed by atoms with Gasteiger partial charge >= 0.3 is 6.09 Å². The van der Waals surface area contributed by atoms with Crippen molar-refractivity contribution in [2.45, 2.75) is 26.4 Å². The van der Waals surface area contributed by atoms with Crippen LogP contribution in [0.5, 0.6) is 23.1 Å². The van der Waals surface area contributed by atoms with E-state index in [0.717, 1.165) is 15.8 Å². The number of fused-ring (bicyclic) bond motifs is 4. The number of amides is 1. The first kappa shape index (κ1) is 27.7. The second-order valence-corrected chi connectivity index (χ2v) is 11.4. The van der Waals surface area contributed by atoms with Gasteiger partial charge in [0.25, 0.3) is 0 Å². The van der Waals surface area contributed by atoms with E-state index in [1.165, 1.54) is 16.0 Å². The quantitative estimate of drug-likeness (QED) is 0.263. The van der Waals surface area contributed by atoms with Crippen LogP contribution >= 0.6 is 22.9 Å². The number of hydrogen-bond acceptors (Lipinski definition) is 12. The summed E-state index contributed by atoms with van der Waals surface area (Å²) in [5.74, 6) is 2.72. The number of carbonyl (C=O) groups is 1. The first-order valence-electron chi connectivity index (χ1n) is 13.4. The molecule has 0 unspecified atom stereocenters. The van der Waals surface area contributed by atoms with Gasteiger partial charge in [-0.3, -0.25) is 0 Å². The van der Waals surface area contributed by atoms with Crippen LogP contribution in [0.4, 0.5) is 4.79 Å². The Bertz CT molecular complexity index is 2100. The molecule has 0 bridgehead atoms. The SMILES string of the molecule is COc1cnc2c(-c3nc4c(Cl)cc5c(c4s3)OC[C@@H](Cc3nc(-n4cnc(C)n4)ccc3OC(N)=O)O5)cc(C)cc2n1. The van der Waals surface area contributed by atoms with Crippen molar-refractivity contribution in [3.8, 4) is 39.5 Å². The van der Waals surface area contributed by atoms with Crippen molar-refractivity contribution in [3.63, 3.8) is 0 Å². The van der Waals surface area contributed by atoms with Gasteiger partial charge in [0, 0.05) is 18.1 Å². The van der Waals surface area contributed by atoms with Crippen LogP contribution in [0.15, 0.2) is 42.9 Å². The maximum atomic E-state index is 11.6. The summed E-state index contributed by atoms with van der Waals surface area (Å²) < 4.78 is 25.4. The Morgan fingerprint density at radius 2 is 2.02 bits per heavy atom. The number of thiazole rings is 1. The van der Waals surface area contributed by atoms with Gasteiger partial charge < -0.3 is 24.7 Å². The van der Waals surface area contributed by atoms with Gasteiger partial charge in [0.15, 0.2) is 23.1 Å². The molecule has 1 aliphatic heterocycles. The molecule has 2 N–H and O–H groups in total. The monoisotopic (exact) mass is 630 g/mol. The largest absolute Gasteiger partial charge is 0.484 e. The zero-order chi connectivity index (χ0) is 30.5. The predicted molar refractivity (Wildman–Crippen MR) is 162 cm³/mol. The minimum Gasteiger partial charge on any atom is -0.484 e. The molecule has 0 saturated carbocycles. The highest BCUT2D eigenvalue weighted by Gasteiger charge is 2.29. The normalized spacial score (nSPS) is 14.2. The summed E-state index contributed by atoms with van der Waals surface area (Å²) in [7, 11) is 1.55. The molecule has 0 saturated heterocycles. The third kappa shape index (κ3) is 5.07. The summed E-state index contributed by atoms with van der Waals surface area (Å²) in [5.41, 5.74) is 9.55. The molecule has 0 fully saturated rings. The number of rotatable bonds is 6. The first-order valence-corrected chi connectivity index (χ1v) is 14.5. The Morgan fingerprint density at radius 3 is 2.80 bits per heavy atom. The summed E-state index contributed by atoms with van der Waals surface area (Å²) in [6.07, 6.45) is 1.93. The maximum Gasteiger partial charge on any atom is 0.410 e. The Morgan fingerprint density at radius 1 is 1.16 bits per heavy atom. The van der Waals surface area contributed by atoms with Crippen LogP contribution in [-0.4, -0.2) is 60.6 Å². The van der Waals surface area contributed by atoms with Crippen LogP contribution in [0.2, 0.25) is 5.02 Å². The molecular formula is C29H23ClN8O5S. The molecule has 44 heavy (non-hydrogen) atoms. The smallest absolute Gasteiger partial charge is 0.410 e. The van der Waals surface area contributed by atoms with Crippen molar-refractivity contribution in [2.75, 3.05) is 13.7 Å². The standard InChI is InChI=1S/C29H23ClN8O5S/c1-13-6-16(24-19(7-13)35-23(40-3)10-32-24)28-36-25-17(30)9-21-26(27(25)44-28)41-11-15(42-21)8-18-20(43-29(31)39)4-5-22(34-18)38-12-33-14(2)37-38/h4-7,9-10,12,15H,8,11H2,1-3H3,(H2,31,39)/t15-/m1/s1. The van der Waals surface area contributed by atoms with E-state index in [0.29, 0.717) is 61.3 Å². The fourth-order valence-corrected chi connectivity index (χ4v) is 6.35. The zero-order valence-electron chi connectivity index (χ0n) is 23.6. The number of aromatic nitrogens is 7. The number of carbonyl (C=O) groups excluding carboxylic acids is 1. The van der Waals surface area contributed by atoms with Gasteiger partial charge in [0.2, 0.25) is 5.88 Å². The highest BCUT2D eigenvalue weighted by molar-refractivity contribution is 7.22. The third-order valence-corrected chi connectivity index (χ3v) is 8.22. The Kier molecular flexibility index (Phi) is 6.86. The van der Waals surface area contributed by atoms with Gasteiger partial charge in [-0.2, -0.15) is 5.10 Å². The zero-order valence-corrected chi connectivity index (χ0v) is 25.1. The number of nitrogens with zero attached hydrogens (tertiary/aromatic N) is 7. The van der Waals surface area contributed by atoms with E-state index in [1.54, 1.807) is 44.8 Å². The number of primary amides is 1. The molecule has 4 aromatic heterocycles. The topological polar surface area (TPSA) is 162 Å². The predicted octanol–water partition coefficient (Wildman–Crippen LogP) is 5.00. The van der Waals surface area contributed by atoms with Crippen LogP contribution in [0.1, 0.15) is 17.1 Å². The van der Waals surface area contributed by atoms with Crippen molar-refractivity contribution in [2.24, 2.45) is 5.73 Å². The molecule has 1 atom stereocenters. The fourth-order valence-electron chi connectivity index (χ4n) is 4.96. The summed E-state index contributed by atoms with van der Waals surface area (Å²) in [6, 6.07) is 8.91. The lowest BCUT2D eigenvalue weighted by atomic mass is 10.1. The number of methoxy groups -OCH3 is 1. The fraction of sp³-hybridized carbons (Fsp3) is 0.207. The van der Waals surface area contributed by atoms with Crippen LogP contribution in [-0.2, 0) is 6.42 Å². The number of hydrogen-bond donors (Lipinski definition) is 1. The molecule has 1 amide bonds. The highest BCUT2D eigenvalue weighted by Crippen LogP contribution is 2.47. The Hall–Kier alpha value is -5.08. The lowest BCUT2D eigenvalue weighted by molar-refractivity contribution is 0.0919. The van der Waals surface area contributed by atoms with E-state index < -0.39 is 12.2 Å². The molecular weight excluding hydrogens is 608 g/mol. The summed E-state index contributed by atoms with van der Waals surface area (Å²) in [4.78, 5) is 34.4. The van der Waals surface area contributed by atoms with E-state index in [2.05, 4.69) is 25.0 Å². The van der Waals surface area contributed by atoms with E-state index in [-0.39, 0.29) is 18.8 Å². The van der Waals surface area contributed by atoms with E-state index in [1.807, 2.05) is 19.1 Å². The lowest BCUT2D eigenvalue weighted by Crippen LogP contribution is -2.32. The second kappa shape index (κ2) is 10.9. The molecule has 2 aromatic carbocycles. The van der Waals surface area contributed by atoms with Gasteiger partial charge in [-0.05, 0) is 43.7 Å². The average molecular weight is 631 g/mol. The molecule has 0 spiro atoms. The number of nitrogens with two attached hydrogens (primary N) is 1. The number of pyridine rings is 1. The maximum absolute atomic E-state index is 11.6. The Balaban J connectivity index is 1.22. The molecule has 13 nitrogen and oxygen atoms in total. The summed E-state index contributed by atoms with van der Waals surface area (Å²) in [5, 5.41) is 5.43. The molecule has 222 valence electrons. The minimum atomic E-state index is -0.953. The molecule has 0 aliphatic carbocycles. The lowest BCUT2D eigenvalue weighted by Gasteiger charge is -2.27. The Labute approximate surface area is 258 Å². The average Bonchev–Trinajstić information content (AvgIpc) is 3.64. The van der Waals surface area contributed by atoms with Gasteiger partial charge in [-0.15, -0.1) is 11.3 Å². The number of benzene rings is 2. The summed E-state index contributed by atoms with van der Waals surface area (Å²) in [6.45, 7) is 3.95. The van der Waals surface area contributed by atoms with Gasteiger partial charge in [-0.1, -0.05) is 11.6 Å². The highest BCUT2D eigenvalue weighted by atomic mass is 35.5. The molecule has 6 aromatic rings. The molecule has 15 heteroatoms. The van der Waals surface area contributed by atoms with Crippen LogP contribution < -0.4 is 24.7 Å². The van der Waals surface area contributed by atoms with Gasteiger partial charge in [0.05, 0.1) is 35.1 Å². The van der Waals surface area contributed by atoms with E-state index in [9.17, 15) is 4.79 Å². The molecule has 5 heterocycles. The van der Waals surface area contributed by atoms with Gasteiger partial charge in [0.1, 0.15) is 40.1 Å². The van der Waals surface area contributed by atoms with Crippen molar-refractivity contribution < 1.29 is 23.7 Å². The first-order chi connectivity index (χ1) is 21.2. The molecule has 0 radical (unpaired) electrons. The molecule has 7 rings (SSSR count). The summed E-state index contributed by atoms with van der Waals surface area (Å²) >= 11 is 8.16. The molecule has 1 aliphatic rings. The van der Waals surface area contributed by atoms with Crippen LogP contribution in [0.3, 0.4) is 0 Å². The van der Waals surface area contributed by atoms with E-state index >= 15 is 0 Å². The second-order valence-electron chi connectivity index (χ2n) is 10.0. The van der Waals surface area contributed by atoms with Crippen LogP contribution in [0, 0.1) is 13.8 Å².